The Morgan fingerprint density at radius 2 is 2.00 bits per heavy atom. The number of aromatic amines is 1. The topological polar surface area (TPSA) is 201 Å². The fourth-order valence-corrected chi connectivity index (χ4v) is 3.20. The lowest BCUT2D eigenvalue weighted by atomic mass is 10.0. The summed E-state index contributed by atoms with van der Waals surface area (Å²) in [6.07, 6.45) is -3.85. The number of nitrogens with two attached hydrogens (primary N) is 1. The van der Waals surface area contributed by atoms with Crippen molar-refractivity contribution < 1.29 is 29.6 Å². The number of ether oxygens (including phenoxy) is 2. The second kappa shape index (κ2) is 8.70. The van der Waals surface area contributed by atoms with Crippen LogP contribution in [0.4, 0.5) is 0 Å². The Morgan fingerprint density at radius 3 is 2.61 bits per heavy atom. The number of aliphatic hydroxyl groups excluding tert-OH is 2. The Morgan fingerprint density at radius 1 is 1.32 bits per heavy atom. The number of nitriles is 1. The molecule has 0 amide bonds. The maximum atomic E-state index is 12.2. The number of hydrogen-bond donors (Lipinski definition) is 5. The van der Waals surface area contributed by atoms with Crippen LogP contribution in [-0.4, -0.2) is 61.8 Å². The second-order valence-corrected chi connectivity index (χ2v) is 6.99. The molecular weight excluding hydrogens is 412 g/mol. The SMILES string of the molecule is N#C[C@@]1(n2ccc(=O)[nH]c2=O)O[C@H](COC(=O)[C@@H](N)Cc2ccc(O)cc2)C(O)C1O. The fraction of sp³-hybridized carbons (Fsp3) is 0.368. The largest absolute Gasteiger partial charge is 0.508 e. The van der Waals surface area contributed by atoms with E-state index in [1.807, 2.05) is 4.98 Å². The van der Waals surface area contributed by atoms with Crippen LogP contribution in [0.15, 0.2) is 46.1 Å². The van der Waals surface area contributed by atoms with E-state index >= 15 is 0 Å². The van der Waals surface area contributed by atoms with E-state index in [1.54, 1.807) is 18.2 Å². The van der Waals surface area contributed by atoms with E-state index in [0.29, 0.717) is 10.1 Å². The summed E-state index contributed by atoms with van der Waals surface area (Å²) in [5.41, 5.74) is 2.39. The summed E-state index contributed by atoms with van der Waals surface area (Å²) in [7, 11) is 0. The van der Waals surface area contributed by atoms with Gasteiger partial charge in [0.1, 0.15) is 42.8 Å². The third kappa shape index (κ3) is 4.35. The van der Waals surface area contributed by atoms with Gasteiger partial charge in [0, 0.05) is 12.3 Å². The molecule has 0 aliphatic carbocycles. The van der Waals surface area contributed by atoms with E-state index in [2.05, 4.69) is 0 Å². The summed E-state index contributed by atoms with van der Waals surface area (Å²) in [6.45, 7) is -0.554. The zero-order chi connectivity index (χ0) is 22.8. The first-order chi connectivity index (χ1) is 14.7. The molecule has 31 heavy (non-hydrogen) atoms. The van der Waals surface area contributed by atoms with Gasteiger partial charge in [0.2, 0.25) is 0 Å². The minimum absolute atomic E-state index is 0.0633. The van der Waals surface area contributed by atoms with Crippen molar-refractivity contribution in [3.63, 3.8) is 0 Å². The molecule has 1 aliphatic heterocycles. The maximum absolute atomic E-state index is 12.2. The first kappa shape index (κ1) is 22.2. The number of carbonyl (C=O) groups excluding carboxylic acids is 1. The van der Waals surface area contributed by atoms with Gasteiger partial charge in [-0.3, -0.25) is 19.1 Å². The van der Waals surface area contributed by atoms with Gasteiger partial charge in [0.05, 0.1) is 0 Å². The Bertz CT molecular complexity index is 1110. The molecule has 1 aliphatic rings. The number of carbonyl (C=O) groups is 1. The number of rotatable bonds is 6. The van der Waals surface area contributed by atoms with Gasteiger partial charge in [-0.1, -0.05) is 12.1 Å². The van der Waals surface area contributed by atoms with Crippen LogP contribution >= 0.6 is 0 Å². The van der Waals surface area contributed by atoms with Crippen LogP contribution in [0.1, 0.15) is 5.56 Å². The van der Waals surface area contributed by atoms with Crippen molar-refractivity contribution in [1.82, 2.24) is 9.55 Å². The molecule has 12 nitrogen and oxygen atoms in total. The Labute approximate surface area is 174 Å². The van der Waals surface area contributed by atoms with Gasteiger partial charge in [-0.05, 0) is 24.1 Å². The van der Waals surface area contributed by atoms with Crippen LogP contribution in [0, 0.1) is 11.3 Å². The molecule has 0 saturated carbocycles. The summed E-state index contributed by atoms with van der Waals surface area (Å²) in [5, 5.41) is 39.5. The second-order valence-electron chi connectivity index (χ2n) is 6.99. The number of H-pyrrole nitrogens is 1. The van der Waals surface area contributed by atoms with Crippen LogP contribution in [0.2, 0.25) is 0 Å². The number of nitrogens with zero attached hydrogens (tertiary/aromatic N) is 2. The van der Waals surface area contributed by atoms with Gasteiger partial charge in [0.25, 0.3) is 11.3 Å². The lowest BCUT2D eigenvalue weighted by Crippen LogP contribution is -2.50. The fourth-order valence-electron chi connectivity index (χ4n) is 3.20. The Balaban J connectivity index is 1.69. The summed E-state index contributed by atoms with van der Waals surface area (Å²) < 4.78 is 11.1. The molecular formula is C19H20N4O8. The van der Waals surface area contributed by atoms with Crippen molar-refractivity contribution in [2.75, 3.05) is 6.61 Å². The summed E-state index contributed by atoms with van der Waals surface area (Å²) in [5.74, 6) is -0.762. The van der Waals surface area contributed by atoms with Gasteiger partial charge in [-0.25, -0.2) is 4.79 Å². The predicted molar refractivity (Wildman–Crippen MR) is 103 cm³/mol. The minimum atomic E-state index is -2.34. The summed E-state index contributed by atoms with van der Waals surface area (Å²) in [4.78, 5) is 37.5. The van der Waals surface area contributed by atoms with Crippen molar-refractivity contribution in [3.8, 4) is 11.8 Å². The van der Waals surface area contributed by atoms with E-state index in [0.717, 1.165) is 12.3 Å². The summed E-state index contributed by atoms with van der Waals surface area (Å²) in [6, 6.07) is 7.58. The first-order valence-electron chi connectivity index (χ1n) is 9.15. The number of phenols is 1. The highest BCUT2D eigenvalue weighted by atomic mass is 16.6. The average Bonchev–Trinajstić information content (AvgIpc) is 2.99. The average molecular weight is 432 g/mol. The van der Waals surface area contributed by atoms with Gasteiger partial charge in [0.15, 0.2) is 0 Å². The van der Waals surface area contributed by atoms with Crippen LogP contribution in [-0.2, 0) is 26.4 Å². The van der Waals surface area contributed by atoms with E-state index < -0.39 is 53.9 Å². The zero-order valence-electron chi connectivity index (χ0n) is 16.0. The molecule has 3 rings (SSSR count). The summed E-state index contributed by atoms with van der Waals surface area (Å²) >= 11 is 0. The van der Waals surface area contributed by atoms with Gasteiger partial charge in [-0.15, -0.1) is 0 Å². The van der Waals surface area contributed by atoms with Crippen molar-refractivity contribution in [2.24, 2.45) is 5.73 Å². The zero-order valence-corrected chi connectivity index (χ0v) is 16.0. The Hall–Kier alpha value is -3.50. The molecule has 164 valence electrons. The van der Waals surface area contributed by atoms with Gasteiger partial charge >= 0.3 is 11.7 Å². The van der Waals surface area contributed by atoms with E-state index in [1.165, 1.54) is 12.1 Å². The molecule has 5 atom stereocenters. The molecule has 1 saturated heterocycles. The molecule has 2 heterocycles. The van der Waals surface area contributed by atoms with Crippen LogP contribution < -0.4 is 17.0 Å². The number of hydrogen-bond acceptors (Lipinski definition) is 10. The maximum Gasteiger partial charge on any atom is 0.331 e. The number of nitrogens with one attached hydrogen (secondary N) is 1. The normalized spacial score (nSPS) is 26.2. The third-order valence-corrected chi connectivity index (χ3v) is 4.86. The molecule has 2 unspecified atom stereocenters. The molecule has 1 aromatic carbocycles. The smallest absolute Gasteiger partial charge is 0.331 e. The van der Waals surface area contributed by atoms with Crippen molar-refractivity contribution in [1.29, 1.82) is 5.26 Å². The lowest BCUT2D eigenvalue weighted by molar-refractivity contribution is -0.155. The van der Waals surface area contributed by atoms with E-state index in [9.17, 15) is 35.0 Å². The standard InChI is InChI=1S/C19H20N4O8/c20-9-19(23-6-5-14(25)22-18(23)29)16(27)15(26)13(31-19)8-30-17(28)12(21)7-10-1-3-11(24)4-2-10/h1-6,12-13,15-16,24,26-27H,7-8,21H2,(H,22,25,29)/t12-,13+,15?,16?,19+/m0/s1. The molecule has 0 bridgehead atoms. The number of phenolic OH excluding ortho intramolecular Hbond substituents is 1. The molecule has 1 aromatic heterocycles. The molecule has 0 radical (unpaired) electrons. The molecule has 1 fully saturated rings. The molecule has 0 spiro atoms. The van der Waals surface area contributed by atoms with Gasteiger partial charge in [-0.2, -0.15) is 5.26 Å². The molecule has 12 heteroatoms. The molecule has 6 N–H and O–H groups in total. The van der Waals surface area contributed by atoms with E-state index in [4.69, 9.17) is 15.2 Å². The van der Waals surface area contributed by atoms with Crippen molar-refractivity contribution in [2.45, 2.75) is 36.5 Å². The third-order valence-electron chi connectivity index (χ3n) is 4.86. The number of aromatic nitrogens is 2. The predicted octanol–water partition coefficient (Wildman–Crippen LogP) is -2.35. The van der Waals surface area contributed by atoms with E-state index in [-0.39, 0.29) is 12.2 Å². The van der Waals surface area contributed by atoms with Crippen LogP contribution in [0.3, 0.4) is 0 Å². The highest BCUT2D eigenvalue weighted by molar-refractivity contribution is 5.75. The van der Waals surface area contributed by atoms with Crippen LogP contribution in [0.25, 0.3) is 0 Å². The quantitative estimate of drug-likeness (QED) is 0.308. The van der Waals surface area contributed by atoms with Crippen molar-refractivity contribution in [3.05, 3.63) is 62.9 Å². The number of benzene rings is 1. The lowest BCUT2D eigenvalue weighted by Gasteiger charge is -2.26. The van der Waals surface area contributed by atoms with Crippen molar-refractivity contribution >= 4 is 5.97 Å². The number of esters is 1. The number of aliphatic hydroxyl groups is 2. The first-order valence-corrected chi connectivity index (χ1v) is 9.15. The molecule has 2 aromatic rings. The highest BCUT2D eigenvalue weighted by Gasteiger charge is 2.57. The monoisotopic (exact) mass is 432 g/mol. The Kier molecular flexibility index (Phi) is 6.23. The van der Waals surface area contributed by atoms with Crippen LogP contribution in [0.5, 0.6) is 5.75 Å². The highest BCUT2D eigenvalue weighted by Crippen LogP contribution is 2.34. The number of aromatic hydroxyl groups is 1. The minimum Gasteiger partial charge on any atom is -0.508 e. The van der Waals surface area contributed by atoms with Gasteiger partial charge < -0.3 is 30.5 Å².